The smallest absolute Gasteiger partial charge is 0.382 e. The first kappa shape index (κ1) is 28.1. The minimum Gasteiger partial charge on any atom is -0.382 e. The van der Waals surface area contributed by atoms with E-state index in [1.165, 1.54) is 12.1 Å². The Balaban J connectivity index is 1.35. The van der Waals surface area contributed by atoms with E-state index in [0.29, 0.717) is 35.0 Å². The lowest BCUT2D eigenvalue weighted by molar-refractivity contribution is -0.985. The molecule has 0 saturated carbocycles. The van der Waals surface area contributed by atoms with E-state index < -0.39 is 17.8 Å². The molecule has 4 nitrogen and oxygen atoms in total. The molecule has 0 aliphatic carbocycles. The number of benzene rings is 3. The number of aliphatic hydroxyl groups excluding tert-OH is 1. The van der Waals surface area contributed by atoms with Crippen molar-refractivity contribution in [1.29, 1.82) is 5.26 Å². The lowest BCUT2D eigenvalue weighted by atomic mass is 9.71. The molecule has 4 heterocycles. The fraction of sp³-hybridized carbons (Fsp3) is 0.314. The maximum absolute atomic E-state index is 13.1. The zero-order valence-corrected chi connectivity index (χ0v) is 23.3. The highest BCUT2D eigenvalue weighted by Gasteiger charge is 2.54. The van der Waals surface area contributed by atoms with Gasteiger partial charge in [-0.25, -0.2) is 0 Å². The van der Waals surface area contributed by atoms with Crippen molar-refractivity contribution in [2.45, 2.75) is 44.3 Å². The van der Waals surface area contributed by atoms with Crippen LogP contribution in [0.1, 0.15) is 46.8 Å². The number of halogens is 3. The van der Waals surface area contributed by atoms with Gasteiger partial charge in [-0.1, -0.05) is 48.5 Å². The van der Waals surface area contributed by atoms with Gasteiger partial charge in [-0.2, -0.15) is 23.0 Å². The second kappa shape index (κ2) is 11.0. The highest BCUT2D eigenvalue weighted by atomic mass is 19.4. The molecule has 3 aromatic carbocycles. The summed E-state index contributed by atoms with van der Waals surface area (Å²) in [6, 6.07) is 25.2. The molecule has 3 saturated heterocycles. The van der Waals surface area contributed by atoms with E-state index in [1.54, 1.807) is 0 Å². The molecule has 1 unspecified atom stereocenters. The third kappa shape index (κ3) is 5.10. The first-order valence-electron chi connectivity index (χ1n) is 14.4. The van der Waals surface area contributed by atoms with Gasteiger partial charge in [0.2, 0.25) is 5.52 Å². The number of aromatic nitrogens is 1. The van der Waals surface area contributed by atoms with Crippen LogP contribution in [0.5, 0.6) is 0 Å². The topological polar surface area (TPSA) is 47.9 Å². The van der Waals surface area contributed by atoms with Gasteiger partial charge in [-0.05, 0) is 30.2 Å². The van der Waals surface area contributed by atoms with Crippen molar-refractivity contribution in [3.8, 4) is 6.07 Å². The molecule has 4 aromatic rings. The van der Waals surface area contributed by atoms with Gasteiger partial charge in [0, 0.05) is 47.6 Å². The Morgan fingerprint density at radius 3 is 2.52 bits per heavy atom. The monoisotopic (exact) mass is 569 g/mol. The van der Waals surface area contributed by atoms with Crippen LogP contribution >= 0.6 is 0 Å². The van der Waals surface area contributed by atoms with Crippen molar-refractivity contribution in [2.24, 2.45) is 11.8 Å². The minimum absolute atomic E-state index is 0.0409. The van der Waals surface area contributed by atoms with Gasteiger partial charge in [0.15, 0.2) is 12.7 Å². The number of hydrogen-bond donors (Lipinski definition) is 1. The van der Waals surface area contributed by atoms with Gasteiger partial charge < -0.3 is 9.59 Å². The molecule has 1 N–H and O–H groups in total. The largest absolute Gasteiger partial charge is 0.416 e. The lowest BCUT2D eigenvalue weighted by Gasteiger charge is -2.58. The molecule has 3 aliphatic heterocycles. The number of piperidine rings is 3. The number of rotatable bonds is 7. The van der Waals surface area contributed by atoms with Gasteiger partial charge in [-0.15, -0.1) is 6.58 Å². The fourth-order valence-corrected chi connectivity index (χ4v) is 7.40. The van der Waals surface area contributed by atoms with E-state index in [0.717, 1.165) is 65.7 Å². The number of nitriles is 1. The van der Waals surface area contributed by atoms with Gasteiger partial charge >= 0.3 is 6.18 Å². The van der Waals surface area contributed by atoms with E-state index in [9.17, 15) is 23.5 Å². The lowest BCUT2D eigenvalue weighted by Crippen LogP contribution is -2.67. The standard InChI is InChI=1S/C35H34F3N3O/c1-2-25-22-41(23-28-8-4-3-7-27(28)20-39)18-16-26(25)19-33(41)34(42)31-15-17-40(32-10-6-5-9-30(31)32)21-24-11-13-29(14-12-24)35(36,37)38/h2-15,17,25-26,33-34,42H,1,16,18-19,21-23H2/q+2/t25-,26-,33-,34?,41-/m0/s1. The van der Waals surface area contributed by atoms with E-state index >= 15 is 0 Å². The summed E-state index contributed by atoms with van der Waals surface area (Å²) in [7, 11) is 0. The van der Waals surface area contributed by atoms with Gasteiger partial charge in [0.25, 0.3) is 0 Å². The first-order valence-corrected chi connectivity index (χ1v) is 14.4. The number of nitrogens with zero attached hydrogens (tertiary/aromatic N) is 3. The van der Waals surface area contributed by atoms with Crippen molar-refractivity contribution in [3.05, 3.63) is 126 Å². The second-order valence-corrected chi connectivity index (χ2v) is 11.9. The number of pyridine rings is 1. The van der Waals surface area contributed by atoms with E-state index in [-0.39, 0.29) is 6.04 Å². The van der Waals surface area contributed by atoms with Crippen LogP contribution in [-0.4, -0.2) is 28.7 Å². The Hall–Kier alpha value is -3.99. The highest BCUT2D eigenvalue weighted by molar-refractivity contribution is 5.79. The summed E-state index contributed by atoms with van der Waals surface area (Å²) in [5.41, 5.74) is 3.55. The fourth-order valence-electron chi connectivity index (χ4n) is 7.40. The molecule has 214 valence electrons. The van der Waals surface area contributed by atoms with Gasteiger partial charge in [0.05, 0.1) is 35.7 Å². The molecule has 42 heavy (non-hydrogen) atoms. The third-order valence-corrected chi connectivity index (χ3v) is 9.57. The summed E-state index contributed by atoms with van der Waals surface area (Å²) in [4.78, 5) is 0. The summed E-state index contributed by atoms with van der Waals surface area (Å²) >= 11 is 0. The van der Waals surface area contributed by atoms with Crippen LogP contribution in [0.2, 0.25) is 0 Å². The summed E-state index contributed by atoms with van der Waals surface area (Å²) < 4.78 is 41.9. The molecule has 5 atom stereocenters. The van der Waals surface area contributed by atoms with E-state index in [1.807, 2.05) is 65.4 Å². The van der Waals surface area contributed by atoms with Gasteiger partial charge in [0.1, 0.15) is 18.7 Å². The summed E-state index contributed by atoms with van der Waals surface area (Å²) in [5.74, 6) is 0.836. The van der Waals surface area contributed by atoms with Crippen molar-refractivity contribution in [1.82, 2.24) is 0 Å². The average Bonchev–Trinajstić information content (AvgIpc) is 3.01. The van der Waals surface area contributed by atoms with Crippen LogP contribution < -0.4 is 4.57 Å². The van der Waals surface area contributed by atoms with E-state index in [2.05, 4.69) is 18.7 Å². The molecular weight excluding hydrogens is 535 g/mol. The molecule has 0 spiro atoms. The number of aliphatic hydroxyl groups is 1. The van der Waals surface area contributed by atoms with E-state index in [4.69, 9.17) is 0 Å². The van der Waals surface area contributed by atoms with Crippen LogP contribution in [-0.2, 0) is 19.3 Å². The molecule has 3 fully saturated rings. The van der Waals surface area contributed by atoms with Crippen molar-refractivity contribution >= 4 is 10.9 Å². The zero-order chi connectivity index (χ0) is 29.5. The number of alkyl halides is 3. The molecule has 7 rings (SSSR count). The third-order valence-electron chi connectivity index (χ3n) is 9.57. The predicted molar refractivity (Wildman–Crippen MR) is 155 cm³/mol. The molecule has 0 radical (unpaired) electrons. The Labute approximate surface area is 244 Å². The molecule has 1 aromatic heterocycles. The van der Waals surface area contributed by atoms with Crippen molar-refractivity contribution < 1.29 is 27.3 Å². The molecule has 0 amide bonds. The Morgan fingerprint density at radius 2 is 1.79 bits per heavy atom. The van der Waals surface area contributed by atoms with Gasteiger partial charge in [-0.3, -0.25) is 0 Å². The first-order chi connectivity index (χ1) is 20.2. The van der Waals surface area contributed by atoms with Crippen LogP contribution in [0.3, 0.4) is 0 Å². The Morgan fingerprint density at radius 1 is 1.05 bits per heavy atom. The number of para-hydroxylation sites is 1. The van der Waals surface area contributed by atoms with Crippen molar-refractivity contribution in [2.75, 3.05) is 13.1 Å². The minimum atomic E-state index is -4.37. The number of fused-ring (bicyclic) bond motifs is 4. The molecular formula is C35H34F3N3O+2. The second-order valence-electron chi connectivity index (χ2n) is 11.9. The summed E-state index contributed by atoms with van der Waals surface area (Å²) in [5, 5.41) is 22.9. The Bertz CT molecular complexity index is 1660. The van der Waals surface area contributed by atoms with Crippen LogP contribution in [0, 0.1) is 23.2 Å². The maximum Gasteiger partial charge on any atom is 0.416 e. The van der Waals surface area contributed by atoms with Crippen LogP contribution in [0.15, 0.2) is 97.7 Å². The Kier molecular flexibility index (Phi) is 7.38. The van der Waals surface area contributed by atoms with Crippen LogP contribution in [0.4, 0.5) is 13.2 Å². The molecule has 2 bridgehead atoms. The average molecular weight is 570 g/mol. The quantitative estimate of drug-likeness (QED) is 0.153. The van der Waals surface area contributed by atoms with Crippen LogP contribution in [0.25, 0.3) is 10.9 Å². The zero-order valence-electron chi connectivity index (χ0n) is 23.3. The SMILES string of the molecule is C=C[C@H]1C[N@+]2(Cc3ccccc3C#N)CC[C@H]1C[C@H]2C(O)c1cc[n+](Cc2ccc(C(F)(F)F)cc2)c2ccccc12. The van der Waals surface area contributed by atoms with Crippen molar-refractivity contribution in [3.63, 3.8) is 0 Å². The summed E-state index contributed by atoms with van der Waals surface area (Å²) in [6.07, 6.45) is 0.846. The number of hydrogen-bond acceptors (Lipinski definition) is 2. The maximum atomic E-state index is 13.1. The summed E-state index contributed by atoms with van der Waals surface area (Å²) in [6.45, 7) is 7.04. The number of quaternary nitrogens is 1. The predicted octanol–water partition coefficient (Wildman–Crippen LogP) is 6.71. The normalized spacial score (nSPS) is 24.3. The highest BCUT2D eigenvalue weighted by Crippen LogP contribution is 2.48. The molecule has 3 aliphatic rings. The molecule has 7 heteroatoms.